The Morgan fingerprint density at radius 1 is 1.08 bits per heavy atom. The molecule has 188 valence electrons. The smallest absolute Gasteiger partial charge is 0.270 e. The second-order valence-corrected chi connectivity index (χ2v) is 8.71. The fraction of sp³-hybridized carbons (Fsp3) is 0.154. The first-order chi connectivity index (χ1) is 18.0. The molecule has 1 N–H and O–H groups in total. The number of hydrogen-bond donors (Lipinski definition) is 1. The molecule has 4 rings (SSSR count). The van der Waals surface area contributed by atoms with E-state index in [0.717, 1.165) is 17.0 Å². The number of carbonyl (C=O) groups excluding carboxylic acids is 1. The van der Waals surface area contributed by atoms with Crippen molar-refractivity contribution >= 4 is 29.1 Å². The molecule has 11 heteroatoms. The summed E-state index contributed by atoms with van der Waals surface area (Å²) in [5, 5.41) is 24.4. The standard InChI is InChI=1S/C26H24N6O4S/c1-3-36-23-14-12-21(13-15-23)31-25(19-8-5-4-6-9-19)29-30-26(31)37-17-24(33)28-27-18(2)20-10-7-11-22(16-20)32(34)35/h4-16H,3,17H2,1-2H3,(H,28,33). The summed E-state index contributed by atoms with van der Waals surface area (Å²) >= 11 is 1.22. The number of hydrogen-bond acceptors (Lipinski definition) is 8. The third-order valence-electron chi connectivity index (χ3n) is 5.23. The summed E-state index contributed by atoms with van der Waals surface area (Å²) in [7, 11) is 0. The molecule has 0 aliphatic rings. The van der Waals surface area contributed by atoms with E-state index in [1.165, 1.54) is 23.9 Å². The molecule has 1 heterocycles. The van der Waals surface area contributed by atoms with Crippen LogP contribution in [0, 0.1) is 10.1 Å². The van der Waals surface area contributed by atoms with Crippen molar-refractivity contribution in [1.29, 1.82) is 0 Å². The van der Waals surface area contributed by atoms with Gasteiger partial charge in [-0.2, -0.15) is 5.10 Å². The lowest BCUT2D eigenvalue weighted by Gasteiger charge is -2.11. The maximum atomic E-state index is 12.5. The van der Waals surface area contributed by atoms with Gasteiger partial charge in [0.25, 0.3) is 11.6 Å². The normalized spacial score (nSPS) is 11.2. The predicted octanol–water partition coefficient (Wildman–Crippen LogP) is 4.87. The molecular weight excluding hydrogens is 492 g/mol. The van der Waals surface area contributed by atoms with Gasteiger partial charge in [0.2, 0.25) is 0 Å². The highest BCUT2D eigenvalue weighted by Crippen LogP contribution is 2.28. The molecule has 0 atom stereocenters. The minimum atomic E-state index is -0.476. The van der Waals surface area contributed by atoms with Crippen LogP contribution in [0.3, 0.4) is 0 Å². The molecule has 0 saturated heterocycles. The van der Waals surface area contributed by atoms with Gasteiger partial charge in [0.15, 0.2) is 11.0 Å². The molecule has 0 saturated carbocycles. The average Bonchev–Trinajstić information content (AvgIpc) is 3.35. The zero-order valence-corrected chi connectivity index (χ0v) is 21.0. The first-order valence-electron chi connectivity index (χ1n) is 11.4. The molecule has 10 nitrogen and oxygen atoms in total. The lowest BCUT2D eigenvalue weighted by Crippen LogP contribution is -2.21. The van der Waals surface area contributed by atoms with Crippen LogP contribution in [0.25, 0.3) is 17.1 Å². The zero-order chi connectivity index (χ0) is 26.2. The van der Waals surface area contributed by atoms with E-state index in [0.29, 0.717) is 28.9 Å². The molecule has 4 aromatic rings. The predicted molar refractivity (Wildman–Crippen MR) is 142 cm³/mol. The van der Waals surface area contributed by atoms with Crippen molar-refractivity contribution in [3.05, 3.63) is 94.5 Å². The van der Waals surface area contributed by atoms with E-state index in [2.05, 4.69) is 20.7 Å². The number of nitro benzene ring substituents is 1. The first-order valence-corrected chi connectivity index (χ1v) is 12.4. The number of nitro groups is 1. The van der Waals surface area contributed by atoms with Crippen molar-refractivity contribution in [2.45, 2.75) is 19.0 Å². The van der Waals surface area contributed by atoms with Crippen LogP contribution in [-0.2, 0) is 4.79 Å². The van der Waals surface area contributed by atoms with Crippen LogP contribution in [0.1, 0.15) is 19.4 Å². The SMILES string of the molecule is CCOc1ccc(-n2c(SCC(=O)NN=C(C)c3cccc([N+](=O)[O-])c3)nnc2-c2ccccc2)cc1. The molecule has 0 aliphatic heterocycles. The van der Waals surface area contributed by atoms with Crippen molar-refractivity contribution in [2.24, 2.45) is 5.10 Å². The summed E-state index contributed by atoms with van der Waals surface area (Å²) in [5.74, 6) is 1.09. The molecule has 3 aromatic carbocycles. The van der Waals surface area contributed by atoms with Gasteiger partial charge in [-0.1, -0.05) is 54.2 Å². The number of rotatable bonds is 10. The zero-order valence-electron chi connectivity index (χ0n) is 20.2. The van der Waals surface area contributed by atoms with Crippen LogP contribution in [0.15, 0.2) is 89.1 Å². The van der Waals surface area contributed by atoms with E-state index in [9.17, 15) is 14.9 Å². The van der Waals surface area contributed by atoms with Crippen molar-refractivity contribution < 1.29 is 14.5 Å². The number of amides is 1. The molecule has 0 spiro atoms. The Bertz CT molecular complexity index is 1420. The topological polar surface area (TPSA) is 125 Å². The van der Waals surface area contributed by atoms with Crippen LogP contribution in [-0.4, -0.2) is 43.7 Å². The van der Waals surface area contributed by atoms with Crippen molar-refractivity contribution in [1.82, 2.24) is 20.2 Å². The summed E-state index contributed by atoms with van der Waals surface area (Å²) in [4.78, 5) is 23.1. The lowest BCUT2D eigenvalue weighted by atomic mass is 10.1. The number of aromatic nitrogens is 3. The van der Waals surface area contributed by atoms with Gasteiger partial charge in [0.05, 0.1) is 23.0 Å². The highest BCUT2D eigenvalue weighted by molar-refractivity contribution is 7.99. The number of non-ortho nitro benzene ring substituents is 1. The number of carbonyl (C=O) groups is 1. The van der Waals surface area contributed by atoms with Gasteiger partial charge in [0.1, 0.15) is 5.75 Å². The molecule has 1 aromatic heterocycles. The van der Waals surface area contributed by atoms with E-state index in [1.54, 1.807) is 19.1 Å². The largest absolute Gasteiger partial charge is 0.494 e. The highest BCUT2D eigenvalue weighted by Gasteiger charge is 2.17. The van der Waals surface area contributed by atoms with Crippen LogP contribution in [0.2, 0.25) is 0 Å². The summed E-state index contributed by atoms with van der Waals surface area (Å²) in [6, 6.07) is 23.3. The Labute approximate surface area is 217 Å². The quantitative estimate of drug-likeness (QED) is 0.138. The molecule has 0 aliphatic carbocycles. The summed E-state index contributed by atoms with van der Waals surface area (Å²) < 4.78 is 7.44. The fourth-order valence-electron chi connectivity index (χ4n) is 3.45. The van der Waals surface area contributed by atoms with E-state index in [4.69, 9.17) is 4.74 Å². The summed E-state index contributed by atoms with van der Waals surface area (Å²) in [6.45, 7) is 4.16. The van der Waals surface area contributed by atoms with Crippen molar-refractivity contribution in [2.75, 3.05) is 12.4 Å². The molecule has 0 bridgehead atoms. The maximum Gasteiger partial charge on any atom is 0.270 e. The van der Waals surface area contributed by atoms with Gasteiger partial charge < -0.3 is 4.74 Å². The third-order valence-corrected chi connectivity index (χ3v) is 6.16. The molecule has 37 heavy (non-hydrogen) atoms. The highest BCUT2D eigenvalue weighted by atomic mass is 32.2. The van der Waals surface area contributed by atoms with Crippen LogP contribution >= 0.6 is 11.8 Å². The first kappa shape index (κ1) is 25.6. The average molecular weight is 517 g/mol. The minimum absolute atomic E-state index is 0.0374. The van der Waals surface area contributed by atoms with Gasteiger partial charge in [-0.25, -0.2) is 5.43 Å². The molecule has 1 amide bonds. The summed E-state index contributed by atoms with van der Waals surface area (Å²) in [5.41, 5.74) is 5.17. The fourth-order valence-corrected chi connectivity index (χ4v) is 4.19. The number of nitrogens with zero attached hydrogens (tertiary/aromatic N) is 5. The Morgan fingerprint density at radius 3 is 2.54 bits per heavy atom. The van der Waals surface area contributed by atoms with Crippen molar-refractivity contribution in [3.63, 3.8) is 0 Å². The van der Waals surface area contributed by atoms with Gasteiger partial charge in [0, 0.05) is 28.9 Å². The van der Waals surface area contributed by atoms with E-state index in [1.807, 2.05) is 66.1 Å². The Kier molecular flexibility index (Phi) is 8.26. The molecule has 0 fully saturated rings. The number of benzene rings is 3. The maximum absolute atomic E-state index is 12.5. The van der Waals surface area contributed by atoms with Crippen LogP contribution in [0.4, 0.5) is 5.69 Å². The summed E-state index contributed by atoms with van der Waals surface area (Å²) in [6.07, 6.45) is 0. The van der Waals surface area contributed by atoms with E-state index in [-0.39, 0.29) is 17.3 Å². The van der Waals surface area contributed by atoms with E-state index < -0.39 is 4.92 Å². The lowest BCUT2D eigenvalue weighted by molar-refractivity contribution is -0.384. The number of ether oxygens (including phenoxy) is 1. The molecular formula is C26H24N6O4S. The second kappa shape index (κ2) is 12.0. The monoisotopic (exact) mass is 516 g/mol. The van der Waals surface area contributed by atoms with Crippen molar-refractivity contribution in [3.8, 4) is 22.8 Å². The second-order valence-electron chi connectivity index (χ2n) is 7.76. The Morgan fingerprint density at radius 2 is 1.84 bits per heavy atom. The third kappa shape index (κ3) is 6.39. The Balaban J connectivity index is 1.51. The van der Waals surface area contributed by atoms with Gasteiger partial charge in [-0.05, 0) is 38.1 Å². The molecule has 0 unspecified atom stereocenters. The van der Waals surface area contributed by atoms with Gasteiger partial charge in [-0.3, -0.25) is 19.5 Å². The number of hydrazone groups is 1. The van der Waals surface area contributed by atoms with Gasteiger partial charge >= 0.3 is 0 Å². The minimum Gasteiger partial charge on any atom is -0.494 e. The molecule has 0 radical (unpaired) electrons. The number of nitrogens with one attached hydrogen (secondary N) is 1. The van der Waals surface area contributed by atoms with E-state index >= 15 is 0 Å². The van der Waals surface area contributed by atoms with Crippen LogP contribution < -0.4 is 10.2 Å². The van der Waals surface area contributed by atoms with Crippen LogP contribution in [0.5, 0.6) is 5.75 Å². The Hall–Kier alpha value is -4.51. The van der Waals surface area contributed by atoms with Gasteiger partial charge in [-0.15, -0.1) is 10.2 Å². The number of thioether (sulfide) groups is 1.